The van der Waals surface area contributed by atoms with Crippen molar-refractivity contribution in [1.29, 1.82) is 0 Å². The molecule has 2 aliphatic heterocycles. The zero-order valence-corrected chi connectivity index (χ0v) is 27.0. The average molecular weight is 606 g/mol. The molecule has 1 saturated heterocycles. The Bertz CT molecular complexity index is 1470. The second-order valence-corrected chi connectivity index (χ2v) is 12.4. The Morgan fingerprint density at radius 2 is 1.57 bits per heavy atom. The number of aliphatic imine (C=N–C) groups is 1. The highest BCUT2D eigenvalue weighted by Crippen LogP contribution is 2.45. The fourth-order valence-electron chi connectivity index (χ4n) is 5.39. The Morgan fingerprint density at radius 1 is 0.952 bits per heavy atom. The van der Waals surface area contributed by atoms with Gasteiger partial charge in [-0.2, -0.15) is 0 Å². The molecule has 3 aromatic rings. The van der Waals surface area contributed by atoms with Crippen LogP contribution in [0.3, 0.4) is 0 Å². The van der Waals surface area contributed by atoms with E-state index in [1.54, 1.807) is 21.8 Å². The number of rotatable bonds is 6. The molecule has 11 heteroatoms. The van der Waals surface area contributed by atoms with Crippen LogP contribution in [0.15, 0.2) is 71.7 Å². The summed E-state index contributed by atoms with van der Waals surface area (Å²) in [6.07, 6.45) is -0.118. The van der Waals surface area contributed by atoms with Crippen LogP contribution in [0.1, 0.15) is 42.6 Å². The first-order valence-corrected chi connectivity index (χ1v) is 15.4. The van der Waals surface area contributed by atoms with E-state index in [4.69, 9.17) is 31.8 Å². The normalized spacial score (nSPS) is 18.8. The topological polar surface area (TPSA) is 101 Å². The van der Waals surface area contributed by atoms with Gasteiger partial charge in [-0.05, 0) is 49.2 Å². The number of methoxy groups -OCH3 is 1. The molecule has 5 rings (SSSR count). The third kappa shape index (κ3) is 6.10. The molecule has 0 spiro atoms. The van der Waals surface area contributed by atoms with Crippen molar-refractivity contribution < 1.29 is 19.1 Å². The molecular weight excluding hydrogens is 570 g/mol. The number of amidine groups is 1. The first-order valence-electron chi connectivity index (χ1n) is 14.0. The van der Waals surface area contributed by atoms with Gasteiger partial charge in [0.05, 0.1) is 24.8 Å². The number of halogens is 1. The zero-order valence-electron chi connectivity index (χ0n) is 24.3. The Kier molecular flexibility index (Phi) is 8.74. The molecule has 2 atom stereocenters. The van der Waals surface area contributed by atoms with Crippen LogP contribution in [0, 0.1) is 0 Å². The molecule has 0 aliphatic carbocycles. The third-order valence-corrected chi connectivity index (χ3v) is 8.48. The zero-order chi connectivity index (χ0) is 30.0. The summed E-state index contributed by atoms with van der Waals surface area (Å²) >= 11 is 6.29. The molecule has 2 unspecified atom stereocenters. The van der Waals surface area contributed by atoms with Crippen molar-refractivity contribution in [1.82, 2.24) is 14.7 Å². The van der Waals surface area contributed by atoms with Gasteiger partial charge in [0.2, 0.25) is 0 Å². The van der Waals surface area contributed by atoms with E-state index in [1.807, 2.05) is 56.3 Å². The summed E-state index contributed by atoms with van der Waals surface area (Å²) in [7, 11) is 2.54. The molecule has 0 saturated carbocycles. The average Bonchev–Trinajstić information content (AvgIpc) is 3.37. The van der Waals surface area contributed by atoms with Crippen LogP contribution in [0.25, 0.3) is 0 Å². The van der Waals surface area contributed by atoms with Gasteiger partial charge in [-0.3, -0.25) is 9.89 Å². The van der Waals surface area contributed by atoms with Crippen molar-refractivity contribution >= 4 is 44.9 Å². The minimum atomic E-state index is -0.485. The van der Waals surface area contributed by atoms with Crippen molar-refractivity contribution in [2.75, 3.05) is 33.3 Å². The van der Waals surface area contributed by atoms with Crippen molar-refractivity contribution in [3.8, 4) is 11.5 Å². The van der Waals surface area contributed by atoms with Gasteiger partial charge in [-0.1, -0.05) is 53.2 Å². The predicted octanol–water partition coefficient (Wildman–Crippen LogP) is 3.49. The van der Waals surface area contributed by atoms with Gasteiger partial charge in [0.15, 0.2) is 0 Å². The predicted molar refractivity (Wildman–Crippen MR) is 168 cm³/mol. The second kappa shape index (κ2) is 12.5. The summed E-state index contributed by atoms with van der Waals surface area (Å²) in [6, 6.07) is 20.0. The molecule has 3 aromatic carbocycles. The number of primary amides is 1. The number of piperazine rings is 1. The standard InChI is InChI=1S/C31H36ClN5O4Si/c1-19(2)41-26-18-23(40-3)10-13-25(26)29-34-27(20-6-11-24(42)12-7-20)28(21-4-8-22(32)9-5-21)37(29)31(39)36-16-14-35(15-17-36)30(33)38/h4-13,18-19,27-28H,14-17H2,1-3,42H3,(H2,33,38). The lowest BCUT2D eigenvalue weighted by Gasteiger charge is -2.38. The van der Waals surface area contributed by atoms with Gasteiger partial charge in [0.1, 0.15) is 23.4 Å². The Balaban J connectivity index is 1.66. The maximum absolute atomic E-state index is 14.5. The van der Waals surface area contributed by atoms with Gasteiger partial charge < -0.3 is 25.0 Å². The number of amides is 4. The Labute approximate surface area is 254 Å². The van der Waals surface area contributed by atoms with Gasteiger partial charge in [-0.25, -0.2) is 9.59 Å². The van der Waals surface area contributed by atoms with E-state index in [0.717, 1.165) is 21.4 Å². The number of benzene rings is 3. The van der Waals surface area contributed by atoms with Gasteiger partial charge in [0.25, 0.3) is 0 Å². The molecule has 0 bridgehead atoms. The summed E-state index contributed by atoms with van der Waals surface area (Å²) in [5, 5.41) is 1.88. The van der Waals surface area contributed by atoms with Crippen LogP contribution in [0.2, 0.25) is 5.02 Å². The molecular formula is C31H36ClN5O4Si. The van der Waals surface area contributed by atoms with E-state index in [-0.39, 0.29) is 18.2 Å². The first-order chi connectivity index (χ1) is 20.2. The molecule has 220 valence electrons. The maximum atomic E-state index is 14.5. The number of hydrogen-bond acceptors (Lipinski definition) is 5. The molecule has 0 aromatic heterocycles. The highest BCUT2D eigenvalue weighted by atomic mass is 35.5. The summed E-state index contributed by atoms with van der Waals surface area (Å²) < 4.78 is 11.7. The molecule has 2 N–H and O–H groups in total. The van der Waals surface area contributed by atoms with E-state index >= 15 is 0 Å². The first kappa shape index (κ1) is 29.5. The van der Waals surface area contributed by atoms with Crippen molar-refractivity contribution in [2.45, 2.75) is 32.0 Å². The number of carbonyl (C=O) groups excluding carboxylic acids is 2. The lowest BCUT2D eigenvalue weighted by molar-refractivity contribution is 0.128. The summed E-state index contributed by atoms with van der Waals surface area (Å²) in [5.41, 5.74) is 8.11. The van der Waals surface area contributed by atoms with Crippen LogP contribution in [-0.2, 0) is 0 Å². The van der Waals surface area contributed by atoms with E-state index in [0.29, 0.717) is 54.1 Å². The maximum Gasteiger partial charge on any atom is 0.326 e. The van der Waals surface area contributed by atoms with Crippen molar-refractivity contribution in [2.24, 2.45) is 10.7 Å². The Hall–Kier alpha value is -4.02. The quantitative estimate of drug-likeness (QED) is 0.435. The lowest BCUT2D eigenvalue weighted by Crippen LogP contribution is -2.56. The minimum Gasteiger partial charge on any atom is -0.497 e. The largest absolute Gasteiger partial charge is 0.497 e. The number of urea groups is 2. The van der Waals surface area contributed by atoms with E-state index in [9.17, 15) is 9.59 Å². The van der Waals surface area contributed by atoms with Gasteiger partial charge >= 0.3 is 12.1 Å². The smallest absolute Gasteiger partial charge is 0.326 e. The molecule has 2 heterocycles. The van der Waals surface area contributed by atoms with Crippen LogP contribution in [0.5, 0.6) is 11.5 Å². The number of nitrogens with zero attached hydrogens (tertiary/aromatic N) is 4. The molecule has 9 nitrogen and oxygen atoms in total. The summed E-state index contributed by atoms with van der Waals surface area (Å²) in [5.74, 6) is 1.72. The molecule has 1 fully saturated rings. The third-order valence-electron chi connectivity index (χ3n) is 7.56. The number of carbonyl (C=O) groups is 2. The summed E-state index contributed by atoms with van der Waals surface area (Å²) in [4.78, 5) is 36.7. The highest BCUT2D eigenvalue weighted by molar-refractivity contribution is 6.32. The number of hydrogen-bond donors (Lipinski definition) is 1. The van der Waals surface area contributed by atoms with Crippen LogP contribution >= 0.6 is 11.6 Å². The Morgan fingerprint density at radius 3 is 2.17 bits per heavy atom. The van der Waals surface area contributed by atoms with E-state index in [1.165, 1.54) is 5.19 Å². The van der Waals surface area contributed by atoms with E-state index in [2.05, 4.69) is 24.3 Å². The van der Waals surface area contributed by atoms with Crippen LogP contribution < -0.4 is 20.4 Å². The monoisotopic (exact) mass is 605 g/mol. The van der Waals surface area contributed by atoms with E-state index < -0.39 is 12.1 Å². The minimum absolute atomic E-state index is 0.118. The highest BCUT2D eigenvalue weighted by Gasteiger charge is 2.45. The number of nitrogens with two attached hydrogens (primary N) is 1. The molecule has 42 heavy (non-hydrogen) atoms. The summed E-state index contributed by atoms with van der Waals surface area (Å²) in [6.45, 7) is 5.35. The number of ether oxygens (including phenoxy) is 2. The van der Waals surface area contributed by atoms with Crippen LogP contribution in [0.4, 0.5) is 9.59 Å². The lowest BCUT2D eigenvalue weighted by atomic mass is 9.93. The molecule has 0 radical (unpaired) electrons. The van der Waals surface area contributed by atoms with Crippen LogP contribution in [-0.4, -0.2) is 82.2 Å². The fourth-order valence-corrected chi connectivity index (χ4v) is 5.85. The van der Waals surface area contributed by atoms with Crippen molar-refractivity contribution in [3.63, 3.8) is 0 Å². The SMILES string of the molecule is COc1ccc(C2=NC(c3ccc([SiH3])cc3)C(c3ccc(Cl)cc3)N2C(=O)N2CCN(C(N)=O)CC2)c(OC(C)C)c1. The van der Waals surface area contributed by atoms with Gasteiger partial charge in [-0.15, -0.1) is 0 Å². The second-order valence-electron chi connectivity index (χ2n) is 10.8. The fraction of sp³-hybridized carbons (Fsp3) is 0.323. The molecule has 2 aliphatic rings. The van der Waals surface area contributed by atoms with Gasteiger partial charge in [0, 0.05) is 47.5 Å². The van der Waals surface area contributed by atoms with Crippen molar-refractivity contribution in [3.05, 3.63) is 88.4 Å². The molecule has 4 amide bonds.